The Bertz CT molecular complexity index is 864. The summed E-state index contributed by atoms with van der Waals surface area (Å²) in [6, 6.07) is 8.31. The molecule has 0 saturated heterocycles. The molecular weight excluding hydrogens is 358 g/mol. The molecule has 1 unspecified atom stereocenters. The number of rotatable bonds is 2. The predicted molar refractivity (Wildman–Crippen MR) is 85.9 cm³/mol. The average molecular weight is 369 g/mol. The van der Waals surface area contributed by atoms with Crippen molar-refractivity contribution >= 4 is 29.1 Å². The van der Waals surface area contributed by atoms with Crippen molar-refractivity contribution in [3.05, 3.63) is 59.4 Å². The highest BCUT2D eigenvalue weighted by Gasteiger charge is 2.32. The Morgan fingerprint density at radius 3 is 2.64 bits per heavy atom. The maximum atomic E-state index is 13.4. The lowest BCUT2D eigenvalue weighted by Gasteiger charge is -2.12. The van der Waals surface area contributed by atoms with Gasteiger partial charge in [-0.15, -0.1) is 11.8 Å². The minimum atomic E-state index is -4.51. The van der Waals surface area contributed by atoms with Crippen LogP contribution in [0.2, 0.25) is 0 Å². The molecule has 1 N–H and O–H groups in total. The van der Waals surface area contributed by atoms with Gasteiger partial charge in [-0.3, -0.25) is 9.79 Å². The highest BCUT2D eigenvalue weighted by molar-refractivity contribution is 8.00. The number of benzene rings is 2. The molecule has 0 saturated carbocycles. The van der Waals surface area contributed by atoms with Gasteiger partial charge in [0, 0.05) is 11.3 Å². The van der Waals surface area contributed by atoms with Crippen LogP contribution in [0.3, 0.4) is 0 Å². The van der Waals surface area contributed by atoms with Crippen LogP contribution < -0.4 is 0 Å². The molecule has 0 aromatic heterocycles. The number of nitrogens with zero attached hydrogens (tertiary/aromatic N) is 1. The molecule has 3 nitrogen and oxygen atoms in total. The van der Waals surface area contributed by atoms with Crippen LogP contribution in [0.15, 0.2) is 52.4 Å². The maximum absolute atomic E-state index is 13.4. The normalized spacial score (nSPS) is 17.4. The van der Waals surface area contributed by atoms with Gasteiger partial charge < -0.3 is 5.11 Å². The molecular formula is C17H11F4NO2S. The van der Waals surface area contributed by atoms with E-state index in [2.05, 4.69) is 4.99 Å². The Morgan fingerprint density at radius 1 is 1.20 bits per heavy atom. The lowest BCUT2D eigenvalue weighted by Crippen LogP contribution is -2.20. The largest absolute Gasteiger partial charge is 0.480 e. The minimum Gasteiger partial charge on any atom is -0.480 e. The average Bonchev–Trinajstić information content (AvgIpc) is 2.73. The molecule has 0 bridgehead atoms. The third kappa shape index (κ3) is 3.84. The van der Waals surface area contributed by atoms with E-state index in [1.165, 1.54) is 30.3 Å². The number of hydrogen-bond donors (Lipinski definition) is 1. The van der Waals surface area contributed by atoms with Gasteiger partial charge in [-0.2, -0.15) is 13.2 Å². The van der Waals surface area contributed by atoms with E-state index >= 15 is 0 Å². The molecule has 1 atom stereocenters. The molecule has 3 rings (SSSR count). The van der Waals surface area contributed by atoms with Crippen LogP contribution >= 0.6 is 11.8 Å². The van der Waals surface area contributed by atoms with Crippen LogP contribution in [0, 0.1) is 5.82 Å². The monoisotopic (exact) mass is 369 g/mol. The number of halogens is 4. The summed E-state index contributed by atoms with van der Waals surface area (Å²) in [5.74, 6) is -1.67. The zero-order chi connectivity index (χ0) is 18.2. The predicted octanol–water partition coefficient (Wildman–Crippen LogP) is 4.91. The van der Waals surface area contributed by atoms with E-state index in [0.29, 0.717) is 10.6 Å². The highest BCUT2D eigenvalue weighted by atomic mass is 32.2. The number of carboxylic acid groups (broad SMARTS) is 1. The molecule has 0 spiro atoms. The SMILES string of the molecule is O=C(O)C1CC(c2cccc(C(F)(F)F)c2)=Nc2ccc(F)cc2S1. The van der Waals surface area contributed by atoms with Gasteiger partial charge in [0.15, 0.2) is 0 Å². The zero-order valence-corrected chi connectivity index (χ0v) is 13.4. The molecule has 2 aromatic carbocycles. The van der Waals surface area contributed by atoms with Crippen molar-refractivity contribution in [2.45, 2.75) is 22.7 Å². The summed E-state index contributed by atoms with van der Waals surface area (Å²) in [6.45, 7) is 0. The van der Waals surface area contributed by atoms with Gasteiger partial charge in [0.1, 0.15) is 11.1 Å². The number of aliphatic carboxylic acids is 1. The number of aliphatic imine (C=N–C) groups is 1. The number of hydrogen-bond acceptors (Lipinski definition) is 3. The second-order valence-corrected chi connectivity index (χ2v) is 6.64. The van der Waals surface area contributed by atoms with Crippen LogP contribution in [-0.4, -0.2) is 22.0 Å². The van der Waals surface area contributed by atoms with Crippen molar-refractivity contribution in [3.63, 3.8) is 0 Å². The van der Waals surface area contributed by atoms with Gasteiger partial charge in [-0.05, 0) is 35.9 Å². The molecule has 1 aliphatic rings. The summed E-state index contributed by atoms with van der Waals surface area (Å²) < 4.78 is 52.2. The summed E-state index contributed by atoms with van der Waals surface area (Å²) >= 11 is 0.932. The van der Waals surface area contributed by atoms with Crippen molar-refractivity contribution in [1.82, 2.24) is 0 Å². The fourth-order valence-electron chi connectivity index (χ4n) is 2.43. The first kappa shape index (κ1) is 17.5. The molecule has 25 heavy (non-hydrogen) atoms. The van der Waals surface area contributed by atoms with E-state index in [-0.39, 0.29) is 17.7 Å². The third-order valence-corrected chi connectivity index (χ3v) is 4.86. The molecule has 1 aliphatic heterocycles. The number of carbonyl (C=O) groups is 1. The third-order valence-electron chi connectivity index (χ3n) is 3.62. The molecule has 0 fully saturated rings. The van der Waals surface area contributed by atoms with Crippen LogP contribution in [-0.2, 0) is 11.0 Å². The second kappa shape index (κ2) is 6.51. The van der Waals surface area contributed by atoms with Crippen LogP contribution in [0.25, 0.3) is 0 Å². The Labute approximate surface area is 144 Å². The highest BCUT2D eigenvalue weighted by Crippen LogP contribution is 2.39. The van der Waals surface area contributed by atoms with E-state index in [9.17, 15) is 27.5 Å². The molecule has 0 amide bonds. The van der Waals surface area contributed by atoms with Gasteiger partial charge in [0.05, 0.1) is 17.0 Å². The second-order valence-electron chi connectivity index (χ2n) is 5.40. The van der Waals surface area contributed by atoms with Gasteiger partial charge >= 0.3 is 12.1 Å². The van der Waals surface area contributed by atoms with E-state index in [0.717, 1.165) is 23.9 Å². The van der Waals surface area contributed by atoms with Crippen LogP contribution in [0.4, 0.5) is 23.2 Å². The number of carboxylic acids is 1. The Balaban J connectivity index is 2.10. The van der Waals surface area contributed by atoms with Gasteiger partial charge in [-0.1, -0.05) is 12.1 Å². The fraction of sp³-hybridized carbons (Fsp3) is 0.176. The summed E-state index contributed by atoms with van der Waals surface area (Å²) in [6.07, 6.45) is -4.58. The van der Waals surface area contributed by atoms with Crippen molar-refractivity contribution in [2.75, 3.05) is 0 Å². The molecule has 130 valence electrons. The molecule has 2 aromatic rings. The first-order chi connectivity index (χ1) is 11.7. The lowest BCUT2D eigenvalue weighted by atomic mass is 10.0. The van der Waals surface area contributed by atoms with Gasteiger partial charge in [0.2, 0.25) is 0 Å². The van der Waals surface area contributed by atoms with E-state index in [4.69, 9.17) is 0 Å². The van der Waals surface area contributed by atoms with Crippen molar-refractivity contribution in [3.8, 4) is 0 Å². The summed E-state index contributed by atoms with van der Waals surface area (Å²) in [4.78, 5) is 16.1. The van der Waals surface area contributed by atoms with E-state index in [1.807, 2.05) is 0 Å². The Kier molecular flexibility index (Phi) is 4.55. The van der Waals surface area contributed by atoms with Gasteiger partial charge in [-0.25, -0.2) is 4.39 Å². The lowest BCUT2D eigenvalue weighted by molar-refractivity contribution is -0.138. The van der Waals surface area contributed by atoms with Crippen LogP contribution in [0.1, 0.15) is 17.5 Å². The van der Waals surface area contributed by atoms with Crippen molar-refractivity contribution in [2.24, 2.45) is 4.99 Å². The van der Waals surface area contributed by atoms with Crippen molar-refractivity contribution < 1.29 is 27.5 Å². The first-order valence-corrected chi connectivity index (χ1v) is 8.06. The quantitative estimate of drug-likeness (QED) is 0.765. The zero-order valence-electron chi connectivity index (χ0n) is 12.5. The number of thioether (sulfide) groups is 1. The van der Waals surface area contributed by atoms with E-state index < -0.39 is 28.8 Å². The van der Waals surface area contributed by atoms with Gasteiger partial charge in [0.25, 0.3) is 0 Å². The Morgan fingerprint density at radius 2 is 1.96 bits per heavy atom. The van der Waals surface area contributed by atoms with Crippen LogP contribution in [0.5, 0.6) is 0 Å². The topological polar surface area (TPSA) is 49.7 Å². The van der Waals surface area contributed by atoms with E-state index in [1.54, 1.807) is 0 Å². The summed E-state index contributed by atoms with van der Waals surface area (Å²) in [5.41, 5.74) is -0.0893. The van der Waals surface area contributed by atoms with Crippen molar-refractivity contribution in [1.29, 1.82) is 0 Å². The molecule has 0 aliphatic carbocycles. The Hall–Kier alpha value is -2.35. The maximum Gasteiger partial charge on any atom is 0.416 e. The fourth-order valence-corrected chi connectivity index (χ4v) is 3.50. The summed E-state index contributed by atoms with van der Waals surface area (Å²) in [5, 5.41) is 8.38. The molecule has 0 radical (unpaired) electrons. The smallest absolute Gasteiger partial charge is 0.416 e. The molecule has 8 heteroatoms. The summed E-state index contributed by atoms with van der Waals surface area (Å²) in [7, 11) is 0. The molecule has 1 heterocycles. The first-order valence-electron chi connectivity index (χ1n) is 7.18. The number of fused-ring (bicyclic) bond motifs is 1. The minimum absolute atomic E-state index is 0.0718. The number of alkyl halides is 3. The standard InChI is InChI=1S/C17H11F4NO2S/c18-11-4-5-12-14(7-11)25-15(16(23)24)8-13(22-12)9-2-1-3-10(6-9)17(19,20)21/h1-7,15H,8H2,(H,23,24).